The molecule has 0 saturated heterocycles. The highest BCUT2D eigenvalue weighted by Crippen LogP contribution is 2.22. The molecule has 0 fully saturated rings. The van der Waals surface area contributed by atoms with Crippen LogP contribution < -0.4 is 10.6 Å². The summed E-state index contributed by atoms with van der Waals surface area (Å²) in [5.41, 5.74) is 6.88. The number of pyridine rings is 1. The molecule has 1 unspecified atom stereocenters. The van der Waals surface area contributed by atoms with Gasteiger partial charge in [-0.25, -0.2) is 4.98 Å². The first-order valence-corrected chi connectivity index (χ1v) is 4.98. The van der Waals surface area contributed by atoms with E-state index in [1.807, 2.05) is 18.0 Å². The zero-order valence-electron chi connectivity index (χ0n) is 9.36. The Hall–Kier alpha value is -1.76. The van der Waals surface area contributed by atoms with Crippen LogP contribution in [0.3, 0.4) is 0 Å². The fourth-order valence-corrected chi connectivity index (χ4v) is 1.31. The number of nitrogens with two attached hydrogens (primary N) is 1. The molecule has 0 amide bonds. The first-order chi connectivity index (χ1) is 7.10. The Morgan fingerprint density at radius 2 is 2.33 bits per heavy atom. The Balaban J connectivity index is 3.01. The van der Waals surface area contributed by atoms with Crippen LogP contribution in [-0.2, 0) is 0 Å². The summed E-state index contributed by atoms with van der Waals surface area (Å²) < 4.78 is 0. The van der Waals surface area contributed by atoms with E-state index in [-0.39, 0.29) is 0 Å². The molecular formula is C11H16N4. The monoisotopic (exact) mass is 204 g/mol. The number of hydrogen-bond acceptors (Lipinski definition) is 4. The van der Waals surface area contributed by atoms with Crippen molar-refractivity contribution in [2.24, 2.45) is 0 Å². The van der Waals surface area contributed by atoms with Crippen LogP contribution in [0.25, 0.3) is 0 Å². The van der Waals surface area contributed by atoms with Crippen LogP contribution in [0, 0.1) is 11.3 Å². The molecule has 0 spiro atoms. The number of aromatic nitrogens is 1. The van der Waals surface area contributed by atoms with E-state index in [1.54, 1.807) is 12.3 Å². The summed E-state index contributed by atoms with van der Waals surface area (Å²) in [6.45, 7) is 4.22. The fraction of sp³-hybridized carbons (Fsp3) is 0.455. The molecular weight excluding hydrogens is 188 g/mol. The summed E-state index contributed by atoms with van der Waals surface area (Å²) in [5.74, 6) is 0.739. The summed E-state index contributed by atoms with van der Waals surface area (Å²) in [6, 6.07) is 4.05. The molecule has 80 valence electrons. The molecule has 1 rings (SSSR count). The van der Waals surface area contributed by atoms with Crippen LogP contribution in [-0.4, -0.2) is 18.1 Å². The maximum Gasteiger partial charge on any atom is 0.151 e. The van der Waals surface area contributed by atoms with Gasteiger partial charge in [-0.3, -0.25) is 0 Å². The highest BCUT2D eigenvalue weighted by atomic mass is 15.2. The first kappa shape index (κ1) is 11.3. The predicted octanol–water partition coefficient (Wildman–Crippen LogP) is 1.77. The van der Waals surface area contributed by atoms with E-state index in [1.165, 1.54) is 0 Å². The van der Waals surface area contributed by atoms with Gasteiger partial charge in [0, 0.05) is 19.3 Å². The second kappa shape index (κ2) is 4.65. The van der Waals surface area contributed by atoms with Gasteiger partial charge in [-0.2, -0.15) is 5.26 Å². The number of nitrogens with zero attached hydrogens (tertiary/aromatic N) is 3. The number of hydrogen-bond donors (Lipinski definition) is 1. The second-order valence-electron chi connectivity index (χ2n) is 3.62. The number of anilines is 2. The van der Waals surface area contributed by atoms with E-state index >= 15 is 0 Å². The minimum atomic E-state index is 0.382. The molecule has 0 radical (unpaired) electrons. The molecule has 1 atom stereocenters. The van der Waals surface area contributed by atoms with E-state index in [0.717, 1.165) is 12.2 Å². The van der Waals surface area contributed by atoms with Crippen molar-refractivity contribution in [2.45, 2.75) is 26.3 Å². The molecule has 0 aliphatic rings. The van der Waals surface area contributed by atoms with E-state index in [9.17, 15) is 0 Å². The number of nitriles is 1. The minimum absolute atomic E-state index is 0.382. The molecule has 4 heteroatoms. The summed E-state index contributed by atoms with van der Waals surface area (Å²) in [4.78, 5) is 6.22. The van der Waals surface area contributed by atoms with Crippen LogP contribution in [0.4, 0.5) is 11.5 Å². The maximum absolute atomic E-state index is 8.69. The van der Waals surface area contributed by atoms with Crippen molar-refractivity contribution in [3.8, 4) is 6.07 Å². The van der Waals surface area contributed by atoms with Gasteiger partial charge in [0.2, 0.25) is 0 Å². The standard InChI is InChI=1S/C11H16N4/c1-4-8(2)15(3)11-10(13)5-9(6-12)7-14-11/h5,7-8H,4,13H2,1-3H3. The second-order valence-corrected chi connectivity index (χ2v) is 3.62. The third-order valence-electron chi connectivity index (χ3n) is 2.61. The SMILES string of the molecule is CCC(C)N(C)c1ncc(C#N)cc1N. The largest absolute Gasteiger partial charge is 0.396 e. The lowest BCUT2D eigenvalue weighted by atomic mass is 10.2. The van der Waals surface area contributed by atoms with E-state index in [4.69, 9.17) is 11.0 Å². The molecule has 0 aliphatic carbocycles. The number of nitrogen functional groups attached to an aromatic ring is 1. The average molecular weight is 204 g/mol. The Kier molecular flexibility index (Phi) is 3.51. The summed E-state index contributed by atoms with van der Waals surface area (Å²) >= 11 is 0. The zero-order valence-corrected chi connectivity index (χ0v) is 9.36. The fourth-order valence-electron chi connectivity index (χ4n) is 1.31. The molecule has 15 heavy (non-hydrogen) atoms. The molecule has 1 aromatic rings. The van der Waals surface area contributed by atoms with Crippen LogP contribution in [0.15, 0.2) is 12.3 Å². The van der Waals surface area contributed by atoms with Crippen molar-refractivity contribution < 1.29 is 0 Å². The quantitative estimate of drug-likeness (QED) is 0.814. The van der Waals surface area contributed by atoms with E-state index in [0.29, 0.717) is 17.3 Å². The van der Waals surface area contributed by atoms with Gasteiger partial charge in [-0.1, -0.05) is 6.92 Å². The van der Waals surface area contributed by atoms with Gasteiger partial charge in [0.05, 0.1) is 11.3 Å². The van der Waals surface area contributed by atoms with Crippen LogP contribution in [0.5, 0.6) is 0 Å². The van der Waals surface area contributed by atoms with Gasteiger partial charge in [0.25, 0.3) is 0 Å². The molecule has 4 nitrogen and oxygen atoms in total. The molecule has 0 aromatic carbocycles. The van der Waals surface area contributed by atoms with Gasteiger partial charge >= 0.3 is 0 Å². The van der Waals surface area contributed by atoms with Crippen LogP contribution in [0.2, 0.25) is 0 Å². The van der Waals surface area contributed by atoms with Crippen molar-refractivity contribution in [3.05, 3.63) is 17.8 Å². The topological polar surface area (TPSA) is 65.9 Å². The number of rotatable bonds is 3. The van der Waals surface area contributed by atoms with Crippen molar-refractivity contribution in [1.82, 2.24) is 4.98 Å². The maximum atomic E-state index is 8.69. The minimum Gasteiger partial charge on any atom is -0.396 e. The van der Waals surface area contributed by atoms with Gasteiger partial charge in [0.1, 0.15) is 6.07 Å². The van der Waals surface area contributed by atoms with Crippen molar-refractivity contribution in [1.29, 1.82) is 5.26 Å². The van der Waals surface area contributed by atoms with Gasteiger partial charge in [0.15, 0.2) is 5.82 Å². The Morgan fingerprint density at radius 3 is 2.80 bits per heavy atom. The van der Waals surface area contributed by atoms with Crippen molar-refractivity contribution in [2.75, 3.05) is 17.7 Å². The molecule has 0 bridgehead atoms. The van der Waals surface area contributed by atoms with E-state index in [2.05, 4.69) is 18.8 Å². The lowest BCUT2D eigenvalue weighted by Crippen LogP contribution is -2.29. The smallest absolute Gasteiger partial charge is 0.151 e. The highest BCUT2D eigenvalue weighted by Gasteiger charge is 2.12. The van der Waals surface area contributed by atoms with Gasteiger partial charge < -0.3 is 10.6 Å². The van der Waals surface area contributed by atoms with Crippen LogP contribution >= 0.6 is 0 Å². The Morgan fingerprint density at radius 1 is 1.67 bits per heavy atom. The lowest BCUT2D eigenvalue weighted by Gasteiger charge is -2.25. The van der Waals surface area contributed by atoms with Gasteiger partial charge in [-0.15, -0.1) is 0 Å². The first-order valence-electron chi connectivity index (χ1n) is 4.98. The highest BCUT2D eigenvalue weighted by molar-refractivity contribution is 5.64. The van der Waals surface area contributed by atoms with E-state index < -0.39 is 0 Å². The zero-order chi connectivity index (χ0) is 11.4. The summed E-state index contributed by atoms with van der Waals surface area (Å²) in [6.07, 6.45) is 2.57. The third-order valence-corrected chi connectivity index (χ3v) is 2.61. The Labute approximate surface area is 90.3 Å². The molecule has 2 N–H and O–H groups in total. The van der Waals surface area contributed by atoms with Crippen molar-refractivity contribution >= 4 is 11.5 Å². The lowest BCUT2D eigenvalue weighted by molar-refractivity contribution is 0.658. The Bertz CT molecular complexity index is 381. The van der Waals surface area contributed by atoms with Crippen molar-refractivity contribution in [3.63, 3.8) is 0 Å². The molecule has 0 saturated carbocycles. The van der Waals surface area contributed by atoms with Gasteiger partial charge in [-0.05, 0) is 19.4 Å². The third kappa shape index (κ3) is 2.38. The average Bonchev–Trinajstić information content (AvgIpc) is 2.26. The normalized spacial score (nSPS) is 11.9. The molecule has 0 aliphatic heterocycles. The van der Waals surface area contributed by atoms with Crippen LogP contribution in [0.1, 0.15) is 25.8 Å². The summed E-state index contributed by atoms with van der Waals surface area (Å²) in [7, 11) is 1.96. The summed E-state index contributed by atoms with van der Waals surface area (Å²) in [5, 5.41) is 8.69. The molecule has 1 aromatic heterocycles. The predicted molar refractivity (Wildman–Crippen MR) is 61.5 cm³/mol. The molecule has 1 heterocycles.